The summed E-state index contributed by atoms with van der Waals surface area (Å²) in [6.45, 7) is 8.20. The van der Waals surface area contributed by atoms with Gasteiger partial charge in [-0.2, -0.15) is 0 Å². The predicted octanol–water partition coefficient (Wildman–Crippen LogP) is 3.64. The number of nitrogens with zero attached hydrogens (tertiary/aromatic N) is 1. The van der Waals surface area contributed by atoms with Gasteiger partial charge in [-0.1, -0.05) is 13.0 Å². The molecule has 0 saturated heterocycles. The summed E-state index contributed by atoms with van der Waals surface area (Å²) in [5.74, 6) is 1.59. The Kier molecular flexibility index (Phi) is 6.02. The molecule has 4 nitrogen and oxygen atoms in total. The summed E-state index contributed by atoms with van der Waals surface area (Å²) in [5, 5.41) is 3.50. The SMILES string of the molecule is CCNC(c1ccc(OCC)c(OCC)c1)c1cncs1. The minimum absolute atomic E-state index is 0.136. The Labute approximate surface area is 130 Å². The molecule has 1 heterocycles. The lowest BCUT2D eigenvalue weighted by Crippen LogP contribution is -2.21. The maximum atomic E-state index is 5.71. The van der Waals surface area contributed by atoms with E-state index in [1.165, 1.54) is 4.88 Å². The fourth-order valence-corrected chi connectivity index (χ4v) is 2.92. The number of hydrogen-bond acceptors (Lipinski definition) is 5. The Morgan fingerprint density at radius 2 is 1.90 bits per heavy atom. The summed E-state index contributed by atoms with van der Waals surface area (Å²) in [4.78, 5) is 5.38. The molecule has 5 heteroatoms. The van der Waals surface area contributed by atoms with Crippen LogP contribution >= 0.6 is 11.3 Å². The van der Waals surface area contributed by atoms with E-state index in [4.69, 9.17) is 9.47 Å². The maximum absolute atomic E-state index is 5.71. The normalized spacial score (nSPS) is 12.1. The molecule has 0 fully saturated rings. The Hall–Kier alpha value is -1.59. The third kappa shape index (κ3) is 3.95. The molecule has 0 aliphatic carbocycles. The molecule has 1 unspecified atom stereocenters. The zero-order valence-corrected chi connectivity index (χ0v) is 13.6. The number of aromatic nitrogens is 1. The van der Waals surface area contributed by atoms with E-state index < -0.39 is 0 Å². The van der Waals surface area contributed by atoms with Crippen LogP contribution in [0, 0.1) is 0 Å². The van der Waals surface area contributed by atoms with Crippen LogP contribution in [0.3, 0.4) is 0 Å². The first kappa shape index (κ1) is 15.8. The number of benzene rings is 1. The number of ether oxygens (including phenoxy) is 2. The van der Waals surface area contributed by atoms with Crippen LogP contribution in [0.25, 0.3) is 0 Å². The lowest BCUT2D eigenvalue weighted by Gasteiger charge is -2.19. The summed E-state index contributed by atoms with van der Waals surface area (Å²) >= 11 is 1.65. The van der Waals surface area contributed by atoms with Crippen LogP contribution in [0.1, 0.15) is 37.3 Å². The van der Waals surface area contributed by atoms with Gasteiger partial charge in [0.05, 0.1) is 24.8 Å². The van der Waals surface area contributed by atoms with Crippen molar-refractivity contribution >= 4 is 11.3 Å². The van der Waals surface area contributed by atoms with Crippen molar-refractivity contribution in [3.63, 3.8) is 0 Å². The van der Waals surface area contributed by atoms with Crippen LogP contribution in [0.5, 0.6) is 11.5 Å². The molecule has 0 radical (unpaired) electrons. The van der Waals surface area contributed by atoms with E-state index in [-0.39, 0.29) is 6.04 Å². The Balaban J connectivity index is 2.34. The van der Waals surface area contributed by atoms with Crippen molar-refractivity contribution in [3.05, 3.63) is 40.3 Å². The molecule has 0 saturated carbocycles. The van der Waals surface area contributed by atoms with E-state index >= 15 is 0 Å². The van der Waals surface area contributed by atoms with Gasteiger partial charge in [0.1, 0.15) is 0 Å². The molecular formula is C16H22N2O2S. The summed E-state index contributed by atoms with van der Waals surface area (Å²) < 4.78 is 11.3. The van der Waals surface area contributed by atoms with Gasteiger partial charge < -0.3 is 14.8 Å². The summed E-state index contributed by atoms with van der Waals surface area (Å²) in [6, 6.07) is 6.26. The molecule has 21 heavy (non-hydrogen) atoms. The molecule has 1 N–H and O–H groups in total. The second-order valence-electron chi connectivity index (χ2n) is 4.47. The highest BCUT2D eigenvalue weighted by atomic mass is 32.1. The quantitative estimate of drug-likeness (QED) is 0.808. The highest BCUT2D eigenvalue weighted by molar-refractivity contribution is 7.09. The van der Waals surface area contributed by atoms with Gasteiger partial charge in [-0.3, -0.25) is 4.98 Å². The van der Waals surface area contributed by atoms with Gasteiger partial charge in [0.2, 0.25) is 0 Å². The van der Waals surface area contributed by atoms with Crippen LogP contribution in [0.4, 0.5) is 0 Å². The molecule has 2 rings (SSSR count). The first-order chi connectivity index (χ1) is 10.3. The molecule has 1 aromatic carbocycles. The highest BCUT2D eigenvalue weighted by Gasteiger charge is 2.17. The Morgan fingerprint density at radius 3 is 2.52 bits per heavy atom. The predicted molar refractivity (Wildman–Crippen MR) is 86.4 cm³/mol. The van der Waals surface area contributed by atoms with Gasteiger partial charge in [-0.05, 0) is 38.1 Å². The van der Waals surface area contributed by atoms with Crippen molar-refractivity contribution in [1.29, 1.82) is 0 Å². The Bertz CT molecular complexity index is 543. The van der Waals surface area contributed by atoms with Crippen LogP contribution < -0.4 is 14.8 Å². The van der Waals surface area contributed by atoms with Crippen LogP contribution in [-0.2, 0) is 0 Å². The molecule has 0 bridgehead atoms. The van der Waals surface area contributed by atoms with E-state index in [0.29, 0.717) is 13.2 Å². The van der Waals surface area contributed by atoms with Crippen molar-refractivity contribution in [1.82, 2.24) is 10.3 Å². The first-order valence-corrected chi connectivity index (χ1v) is 8.19. The van der Waals surface area contributed by atoms with Gasteiger partial charge in [-0.25, -0.2) is 0 Å². The van der Waals surface area contributed by atoms with E-state index in [0.717, 1.165) is 23.6 Å². The van der Waals surface area contributed by atoms with Crippen molar-refractivity contribution in [2.75, 3.05) is 19.8 Å². The average Bonchev–Trinajstić information content (AvgIpc) is 3.01. The zero-order valence-electron chi connectivity index (χ0n) is 12.8. The number of thiazole rings is 1. The first-order valence-electron chi connectivity index (χ1n) is 7.31. The molecule has 1 aromatic heterocycles. The molecule has 0 aliphatic heterocycles. The molecule has 0 spiro atoms. The fourth-order valence-electron chi connectivity index (χ4n) is 2.20. The smallest absolute Gasteiger partial charge is 0.161 e. The summed E-state index contributed by atoms with van der Waals surface area (Å²) in [6.07, 6.45) is 1.91. The third-order valence-corrected chi connectivity index (χ3v) is 3.89. The van der Waals surface area contributed by atoms with Crippen LogP contribution in [0.15, 0.2) is 29.9 Å². The second-order valence-corrected chi connectivity index (χ2v) is 5.38. The van der Waals surface area contributed by atoms with Crippen molar-refractivity contribution in [2.24, 2.45) is 0 Å². The average molecular weight is 306 g/mol. The van der Waals surface area contributed by atoms with Crippen LogP contribution in [0.2, 0.25) is 0 Å². The topological polar surface area (TPSA) is 43.4 Å². The van der Waals surface area contributed by atoms with Crippen LogP contribution in [-0.4, -0.2) is 24.7 Å². The molecular weight excluding hydrogens is 284 g/mol. The standard InChI is InChI=1S/C16H22N2O2S/c1-4-18-16(15-10-17-11-21-15)12-7-8-13(19-5-2)14(9-12)20-6-3/h7-11,16,18H,4-6H2,1-3H3. The molecule has 2 aromatic rings. The molecule has 0 amide bonds. The minimum Gasteiger partial charge on any atom is -0.490 e. The van der Waals surface area contributed by atoms with Gasteiger partial charge in [0.25, 0.3) is 0 Å². The molecule has 1 atom stereocenters. The summed E-state index contributed by atoms with van der Waals surface area (Å²) in [5.41, 5.74) is 3.02. The van der Waals surface area contributed by atoms with Crippen molar-refractivity contribution in [3.8, 4) is 11.5 Å². The lowest BCUT2D eigenvalue weighted by atomic mass is 10.0. The van der Waals surface area contributed by atoms with Crippen molar-refractivity contribution in [2.45, 2.75) is 26.8 Å². The fraction of sp³-hybridized carbons (Fsp3) is 0.438. The highest BCUT2D eigenvalue weighted by Crippen LogP contribution is 2.33. The second kappa shape index (κ2) is 8.00. The minimum atomic E-state index is 0.136. The van der Waals surface area contributed by atoms with E-state index in [2.05, 4.69) is 29.4 Å². The van der Waals surface area contributed by atoms with E-state index in [1.807, 2.05) is 31.6 Å². The van der Waals surface area contributed by atoms with Gasteiger partial charge in [-0.15, -0.1) is 11.3 Å². The number of rotatable bonds is 8. The monoisotopic (exact) mass is 306 g/mol. The third-order valence-electron chi connectivity index (χ3n) is 3.04. The number of hydrogen-bond donors (Lipinski definition) is 1. The lowest BCUT2D eigenvalue weighted by molar-refractivity contribution is 0.287. The largest absolute Gasteiger partial charge is 0.490 e. The molecule has 0 aliphatic rings. The van der Waals surface area contributed by atoms with Gasteiger partial charge in [0, 0.05) is 11.1 Å². The van der Waals surface area contributed by atoms with Gasteiger partial charge in [0.15, 0.2) is 11.5 Å². The Morgan fingerprint density at radius 1 is 1.14 bits per heavy atom. The number of nitrogens with one attached hydrogen (secondary N) is 1. The maximum Gasteiger partial charge on any atom is 0.161 e. The zero-order chi connectivity index (χ0) is 15.1. The van der Waals surface area contributed by atoms with E-state index in [1.54, 1.807) is 11.3 Å². The molecule has 114 valence electrons. The van der Waals surface area contributed by atoms with Gasteiger partial charge >= 0.3 is 0 Å². The van der Waals surface area contributed by atoms with E-state index in [9.17, 15) is 0 Å². The summed E-state index contributed by atoms with van der Waals surface area (Å²) in [7, 11) is 0. The van der Waals surface area contributed by atoms with Crippen molar-refractivity contribution < 1.29 is 9.47 Å².